The van der Waals surface area contributed by atoms with E-state index >= 15 is 0 Å². The van der Waals surface area contributed by atoms with Gasteiger partial charge in [0, 0.05) is 13.6 Å². The number of benzene rings is 1. The first-order chi connectivity index (χ1) is 9.58. The van der Waals surface area contributed by atoms with Crippen molar-refractivity contribution in [2.45, 2.75) is 13.1 Å². The highest BCUT2D eigenvalue weighted by Gasteiger charge is 2.16. The molecule has 0 spiro atoms. The van der Waals surface area contributed by atoms with E-state index in [0.717, 1.165) is 16.4 Å². The molecular formula is C13H14N4O3. The van der Waals surface area contributed by atoms with Gasteiger partial charge in [-0.25, -0.2) is 9.48 Å². The van der Waals surface area contributed by atoms with Crippen LogP contribution in [0.25, 0.3) is 0 Å². The van der Waals surface area contributed by atoms with Crippen LogP contribution in [0.4, 0.5) is 0 Å². The number of rotatable bonds is 5. The van der Waals surface area contributed by atoms with Gasteiger partial charge in [-0.05, 0) is 5.56 Å². The van der Waals surface area contributed by atoms with Crippen molar-refractivity contribution in [3.8, 4) is 0 Å². The molecule has 0 aliphatic rings. The molecule has 0 radical (unpaired) electrons. The molecule has 1 amide bonds. The maximum absolute atomic E-state index is 12.0. The van der Waals surface area contributed by atoms with Crippen LogP contribution in [0.2, 0.25) is 0 Å². The van der Waals surface area contributed by atoms with E-state index in [1.807, 2.05) is 30.3 Å². The molecule has 1 aromatic heterocycles. The van der Waals surface area contributed by atoms with Crippen molar-refractivity contribution < 1.29 is 14.7 Å². The average molecular weight is 274 g/mol. The van der Waals surface area contributed by atoms with E-state index in [0.29, 0.717) is 6.54 Å². The lowest BCUT2D eigenvalue weighted by Crippen LogP contribution is -2.31. The van der Waals surface area contributed by atoms with Crippen molar-refractivity contribution in [1.29, 1.82) is 0 Å². The molecule has 0 fully saturated rings. The maximum atomic E-state index is 12.0. The van der Waals surface area contributed by atoms with Gasteiger partial charge in [-0.2, -0.15) is 0 Å². The smallest absolute Gasteiger partial charge is 0.355 e. The molecule has 20 heavy (non-hydrogen) atoms. The Bertz CT molecular complexity index is 609. The lowest BCUT2D eigenvalue weighted by molar-refractivity contribution is -0.131. The van der Waals surface area contributed by atoms with E-state index < -0.39 is 5.97 Å². The molecule has 0 bridgehead atoms. The normalized spacial score (nSPS) is 10.2. The molecule has 0 saturated heterocycles. The second kappa shape index (κ2) is 5.96. The fourth-order valence-corrected chi connectivity index (χ4v) is 1.73. The maximum Gasteiger partial charge on any atom is 0.355 e. The zero-order valence-corrected chi connectivity index (χ0v) is 10.9. The lowest BCUT2D eigenvalue weighted by Gasteiger charge is -2.17. The van der Waals surface area contributed by atoms with Gasteiger partial charge in [-0.1, -0.05) is 35.5 Å². The van der Waals surface area contributed by atoms with E-state index in [1.165, 1.54) is 4.90 Å². The molecule has 7 nitrogen and oxygen atoms in total. The lowest BCUT2D eigenvalue weighted by atomic mass is 10.2. The van der Waals surface area contributed by atoms with E-state index in [-0.39, 0.29) is 18.1 Å². The molecule has 0 atom stereocenters. The minimum Gasteiger partial charge on any atom is -0.476 e. The van der Waals surface area contributed by atoms with Gasteiger partial charge >= 0.3 is 5.97 Å². The Labute approximate surface area is 115 Å². The van der Waals surface area contributed by atoms with Gasteiger partial charge in [0.05, 0.1) is 6.20 Å². The highest BCUT2D eigenvalue weighted by molar-refractivity contribution is 5.86. The van der Waals surface area contributed by atoms with Gasteiger partial charge in [0.15, 0.2) is 5.69 Å². The first kappa shape index (κ1) is 13.7. The number of aromatic carboxylic acids is 1. The van der Waals surface area contributed by atoms with Crippen LogP contribution in [0.15, 0.2) is 36.5 Å². The number of hydrogen-bond acceptors (Lipinski definition) is 4. The van der Waals surface area contributed by atoms with Crippen LogP contribution >= 0.6 is 0 Å². The monoisotopic (exact) mass is 274 g/mol. The van der Waals surface area contributed by atoms with E-state index in [1.54, 1.807) is 7.05 Å². The van der Waals surface area contributed by atoms with Crippen LogP contribution < -0.4 is 0 Å². The Morgan fingerprint density at radius 1 is 1.30 bits per heavy atom. The second-order valence-corrected chi connectivity index (χ2v) is 4.32. The zero-order chi connectivity index (χ0) is 14.5. The van der Waals surface area contributed by atoms with Crippen molar-refractivity contribution in [2.75, 3.05) is 7.05 Å². The van der Waals surface area contributed by atoms with E-state index in [9.17, 15) is 9.59 Å². The second-order valence-electron chi connectivity index (χ2n) is 4.32. The van der Waals surface area contributed by atoms with Crippen LogP contribution in [0.5, 0.6) is 0 Å². The van der Waals surface area contributed by atoms with Crippen LogP contribution in [0, 0.1) is 0 Å². The fraction of sp³-hybridized carbons (Fsp3) is 0.231. The number of carbonyl (C=O) groups is 2. The summed E-state index contributed by atoms with van der Waals surface area (Å²) in [6.45, 7) is 0.307. The summed E-state index contributed by atoms with van der Waals surface area (Å²) in [6, 6.07) is 9.53. The zero-order valence-electron chi connectivity index (χ0n) is 10.9. The molecule has 104 valence electrons. The van der Waals surface area contributed by atoms with Gasteiger partial charge in [-0.3, -0.25) is 4.79 Å². The number of nitrogens with zero attached hydrogens (tertiary/aromatic N) is 4. The average Bonchev–Trinajstić information content (AvgIpc) is 2.88. The first-order valence-corrected chi connectivity index (χ1v) is 5.97. The number of carbonyl (C=O) groups excluding carboxylic acids is 1. The Morgan fingerprint density at radius 3 is 2.65 bits per heavy atom. The summed E-state index contributed by atoms with van der Waals surface area (Å²) in [5, 5.41) is 16.0. The van der Waals surface area contributed by atoms with Crippen LogP contribution in [-0.4, -0.2) is 43.9 Å². The summed E-state index contributed by atoms with van der Waals surface area (Å²) < 4.78 is 1.08. The number of carboxylic acid groups (broad SMARTS) is 1. The Balaban J connectivity index is 2.01. The molecule has 0 saturated carbocycles. The van der Waals surface area contributed by atoms with E-state index in [4.69, 9.17) is 5.11 Å². The van der Waals surface area contributed by atoms with Gasteiger partial charge in [0.2, 0.25) is 5.91 Å². The molecule has 0 aliphatic carbocycles. The molecule has 1 N–H and O–H groups in total. The van der Waals surface area contributed by atoms with Gasteiger partial charge < -0.3 is 10.0 Å². The number of hydrogen-bond donors (Lipinski definition) is 1. The third-order valence-corrected chi connectivity index (χ3v) is 2.81. The summed E-state index contributed by atoms with van der Waals surface area (Å²) in [6.07, 6.45) is 1.12. The minimum absolute atomic E-state index is 0.105. The number of carboxylic acids is 1. The third-order valence-electron chi connectivity index (χ3n) is 2.81. The van der Waals surface area contributed by atoms with Crippen molar-refractivity contribution >= 4 is 11.9 Å². The first-order valence-electron chi connectivity index (χ1n) is 5.97. The van der Waals surface area contributed by atoms with E-state index in [2.05, 4.69) is 10.3 Å². The molecule has 7 heteroatoms. The quantitative estimate of drug-likeness (QED) is 0.864. The van der Waals surface area contributed by atoms with Crippen molar-refractivity contribution in [2.24, 2.45) is 0 Å². The summed E-state index contributed by atoms with van der Waals surface area (Å²) in [5.41, 5.74) is 0.895. The Hall–Kier alpha value is -2.70. The summed E-state index contributed by atoms with van der Waals surface area (Å²) >= 11 is 0. The fourth-order valence-electron chi connectivity index (χ4n) is 1.73. The molecule has 2 rings (SSSR count). The van der Waals surface area contributed by atoms with Gasteiger partial charge in [-0.15, -0.1) is 5.10 Å². The Morgan fingerprint density at radius 2 is 2.00 bits per heavy atom. The minimum atomic E-state index is -1.16. The molecule has 0 aliphatic heterocycles. The molecular weight excluding hydrogens is 260 g/mol. The molecule has 2 aromatic rings. The van der Waals surface area contributed by atoms with Crippen LogP contribution in [0.1, 0.15) is 16.1 Å². The Kier molecular flexibility index (Phi) is 4.09. The van der Waals surface area contributed by atoms with Crippen molar-refractivity contribution in [3.05, 3.63) is 47.8 Å². The highest BCUT2D eigenvalue weighted by Crippen LogP contribution is 2.04. The predicted octanol–water partition coefficient (Wildman–Crippen LogP) is 0.635. The molecule has 1 aromatic carbocycles. The number of aromatic nitrogens is 3. The van der Waals surface area contributed by atoms with Gasteiger partial charge in [0.1, 0.15) is 6.54 Å². The third kappa shape index (κ3) is 3.19. The predicted molar refractivity (Wildman–Crippen MR) is 69.9 cm³/mol. The summed E-state index contributed by atoms with van der Waals surface area (Å²) in [7, 11) is 1.66. The topological polar surface area (TPSA) is 88.3 Å². The largest absolute Gasteiger partial charge is 0.476 e. The summed E-state index contributed by atoms with van der Waals surface area (Å²) in [5.74, 6) is -1.39. The van der Waals surface area contributed by atoms with Crippen LogP contribution in [-0.2, 0) is 17.9 Å². The van der Waals surface area contributed by atoms with Crippen LogP contribution in [0.3, 0.4) is 0 Å². The highest BCUT2D eigenvalue weighted by atomic mass is 16.4. The molecule has 1 heterocycles. The summed E-state index contributed by atoms with van der Waals surface area (Å²) in [4.78, 5) is 24.4. The van der Waals surface area contributed by atoms with Crippen molar-refractivity contribution in [1.82, 2.24) is 19.9 Å². The van der Waals surface area contributed by atoms with Crippen molar-refractivity contribution in [3.63, 3.8) is 0 Å². The number of amides is 1. The molecule has 0 unspecified atom stereocenters. The van der Waals surface area contributed by atoms with Gasteiger partial charge in [0.25, 0.3) is 0 Å². The standard InChI is InChI=1S/C13H14N4O3/c1-16(8-10-5-3-2-4-6-10)12(18)9-17-11(13(19)20)7-14-15-17/h2-7H,8-9H2,1H3,(H,19,20). The number of likely N-dealkylation sites (N-methyl/N-ethyl adjacent to an activating group) is 1. The SMILES string of the molecule is CN(Cc1ccccc1)C(=O)Cn1nncc1C(=O)O.